The number of rotatable bonds is 6. The first-order valence-corrected chi connectivity index (χ1v) is 7.78. The smallest absolute Gasteiger partial charge is 0.271 e. The van der Waals surface area contributed by atoms with E-state index in [4.69, 9.17) is 0 Å². The molecule has 25 heavy (non-hydrogen) atoms. The molecule has 0 saturated carbocycles. The number of hydrogen-bond donors (Lipinski definition) is 2. The molecule has 0 unspecified atom stereocenters. The Balaban J connectivity index is 1.59. The molecule has 0 atom stereocenters. The Morgan fingerprint density at radius 3 is 2.68 bits per heavy atom. The highest BCUT2D eigenvalue weighted by Gasteiger charge is 2.14. The second-order valence-corrected chi connectivity index (χ2v) is 5.41. The van der Waals surface area contributed by atoms with Gasteiger partial charge in [0.05, 0.1) is 6.33 Å². The molecule has 1 aromatic carbocycles. The van der Waals surface area contributed by atoms with Gasteiger partial charge in [-0.05, 0) is 12.1 Å². The summed E-state index contributed by atoms with van der Waals surface area (Å²) in [5.41, 5.74) is 0.784. The summed E-state index contributed by atoms with van der Waals surface area (Å²) in [6.45, 7) is 1.08. The third-order valence-corrected chi connectivity index (χ3v) is 3.60. The summed E-state index contributed by atoms with van der Waals surface area (Å²) in [5.74, 6) is -0.0970. The first-order valence-electron chi connectivity index (χ1n) is 7.78. The molecule has 0 aliphatic carbocycles. The molecule has 2 N–H and O–H groups in total. The number of imidazole rings is 1. The molecule has 0 radical (unpaired) electrons. The number of hydrogen-bond acceptors (Lipinski definition) is 4. The number of aryl methyl sites for hydroxylation is 1. The molecule has 3 rings (SSSR count). The van der Waals surface area contributed by atoms with Crippen LogP contribution in [0.4, 0.5) is 5.82 Å². The molecule has 2 heterocycles. The summed E-state index contributed by atoms with van der Waals surface area (Å²) in [4.78, 5) is 28.3. The number of nitrogens with zero attached hydrogens (tertiary/aromatic N) is 4. The van der Waals surface area contributed by atoms with Gasteiger partial charge in [0.1, 0.15) is 5.82 Å². The molecule has 128 valence electrons. The summed E-state index contributed by atoms with van der Waals surface area (Å²) in [5, 5.41) is 9.68. The normalized spacial score (nSPS) is 10.4. The quantitative estimate of drug-likeness (QED) is 0.708. The van der Waals surface area contributed by atoms with Gasteiger partial charge in [-0.2, -0.15) is 5.10 Å². The zero-order valence-electron chi connectivity index (χ0n) is 13.7. The van der Waals surface area contributed by atoms with E-state index in [1.807, 2.05) is 16.8 Å². The second-order valence-electron chi connectivity index (χ2n) is 5.41. The third-order valence-electron chi connectivity index (χ3n) is 3.60. The number of aromatic nitrogens is 4. The Morgan fingerprint density at radius 2 is 1.96 bits per heavy atom. The van der Waals surface area contributed by atoms with Gasteiger partial charge in [0, 0.05) is 44.2 Å². The van der Waals surface area contributed by atoms with Crippen molar-refractivity contribution in [1.82, 2.24) is 24.6 Å². The van der Waals surface area contributed by atoms with E-state index in [1.165, 1.54) is 4.68 Å². The molecule has 0 fully saturated rings. The SMILES string of the molecule is Cn1nc(C(=O)NCCn2ccnc2)cc1NC(=O)c1ccccc1. The van der Waals surface area contributed by atoms with Gasteiger partial charge in [-0.15, -0.1) is 0 Å². The van der Waals surface area contributed by atoms with Crippen LogP contribution in [0.2, 0.25) is 0 Å². The van der Waals surface area contributed by atoms with Crippen LogP contribution in [0.3, 0.4) is 0 Å². The summed E-state index contributed by atoms with van der Waals surface area (Å²) in [7, 11) is 1.67. The van der Waals surface area contributed by atoms with Crippen molar-refractivity contribution in [2.45, 2.75) is 6.54 Å². The highest BCUT2D eigenvalue weighted by atomic mass is 16.2. The number of nitrogens with one attached hydrogen (secondary N) is 2. The second kappa shape index (κ2) is 7.43. The fraction of sp³-hybridized carbons (Fsp3) is 0.176. The van der Waals surface area contributed by atoms with Crippen molar-refractivity contribution in [1.29, 1.82) is 0 Å². The minimum absolute atomic E-state index is 0.247. The Bertz CT molecular complexity index is 855. The van der Waals surface area contributed by atoms with Crippen LogP contribution in [0.5, 0.6) is 0 Å². The van der Waals surface area contributed by atoms with Gasteiger partial charge >= 0.3 is 0 Å². The summed E-state index contributed by atoms with van der Waals surface area (Å²) < 4.78 is 3.33. The standard InChI is InChI=1S/C17H18N6O2/c1-22-15(20-16(24)13-5-3-2-4-6-13)11-14(21-22)17(25)19-8-10-23-9-7-18-12-23/h2-7,9,11-12H,8,10H2,1H3,(H,19,25)(H,20,24). The van der Waals surface area contributed by atoms with Crippen molar-refractivity contribution in [3.05, 3.63) is 66.4 Å². The van der Waals surface area contributed by atoms with Crippen LogP contribution in [0.1, 0.15) is 20.8 Å². The van der Waals surface area contributed by atoms with Crippen molar-refractivity contribution in [2.24, 2.45) is 7.05 Å². The summed E-state index contributed by atoms with van der Waals surface area (Å²) in [6, 6.07) is 10.4. The largest absolute Gasteiger partial charge is 0.349 e. The molecule has 8 heteroatoms. The maximum absolute atomic E-state index is 12.2. The minimum Gasteiger partial charge on any atom is -0.349 e. The molecule has 2 amide bonds. The van der Waals surface area contributed by atoms with Crippen LogP contribution in [0, 0.1) is 0 Å². The van der Waals surface area contributed by atoms with Crippen molar-refractivity contribution in [2.75, 3.05) is 11.9 Å². The zero-order valence-corrected chi connectivity index (χ0v) is 13.7. The zero-order chi connectivity index (χ0) is 17.6. The van der Waals surface area contributed by atoms with E-state index >= 15 is 0 Å². The first kappa shape index (κ1) is 16.4. The number of carbonyl (C=O) groups excluding carboxylic acids is 2. The maximum atomic E-state index is 12.2. The van der Waals surface area contributed by atoms with Crippen LogP contribution >= 0.6 is 0 Å². The first-order chi connectivity index (χ1) is 12.1. The fourth-order valence-corrected chi connectivity index (χ4v) is 2.28. The molecule has 2 aromatic heterocycles. The van der Waals surface area contributed by atoms with Gasteiger partial charge in [-0.3, -0.25) is 14.3 Å². The minimum atomic E-state index is -0.295. The molecule has 8 nitrogen and oxygen atoms in total. The van der Waals surface area contributed by atoms with E-state index in [9.17, 15) is 9.59 Å². The molecular formula is C17H18N6O2. The predicted molar refractivity (Wildman–Crippen MR) is 92.2 cm³/mol. The van der Waals surface area contributed by atoms with Gasteiger partial charge in [-0.25, -0.2) is 4.98 Å². The van der Waals surface area contributed by atoms with Gasteiger partial charge < -0.3 is 15.2 Å². The van der Waals surface area contributed by atoms with Gasteiger partial charge in [-0.1, -0.05) is 18.2 Å². The Labute approximate surface area is 144 Å². The number of amides is 2. The molecule has 0 saturated heterocycles. The van der Waals surface area contributed by atoms with Crippen LogP contribution in [0.25, 0.3) is 0 Å². The Kier molecular flexibility index (Phi) is 4.89. The van der Waals surface area contributed by atoms with Gasteiger partial charge in [0.25, 0.3) is 11.8 Å². The van der Waals surface area contributed by atoms with Crippen molar-refractivity contribution in [3.63, 3.8) is 0 Å². The highest BCUT2D eigenvalue weighted by Crippen LogP contribution is 2.11. The van der Waals surface area contributed by atoms with Crippen molar-refractivity contribution >= 4 is 17.6 Å². The average Bonchev–Trinajstić information content (AvgIpc) is 3.26. The summed E-state index contributed by atoms with van der Waals surface area (Å²) in [6.07, 6.45) is 5.19. The van der Waals surface area contributed by atoms with Crippen LogP contribution in [-0.2, 0) is 13.6 Å². The van der Waals surface area contributed by atoms with E-state index in [2.05, 4.69) is 20.7 Å². The van der Waals surface area contributed by atoms with E-state index in [1.54, 1.807) is 49.9 Å². The third kappa shape index (κ3) is 4.11. The van der Waals surface area contributed by atoms with E-state index in [0.29, 0.717) is 24.5 Å². The molecular weight excluding hydrogens is 320 g/mol. The number of carbonyl (C=O) groups is 2. The van der Waals surface area contributed by atoms with Crippen molar-refractivity contribution < 1.29 is 9.59 Å². The summed E-state index contributed by atoms with van der Waals surface area (Å²) >= 11 is 0. The Morgan fingerprint density at radius 1 is 1.16 bits per heavy atom. The lowest BCUT2D eigenvalue weighted by atomic mass is 10.2. The average molecular weight is 338 g/mol. The molecule has 0 aliphatic rings. The lowest BCUT2D eigenvalue weighted by Crippen LogP contribution is -2.27. The van der Waals surface area contributed by atoms with E-state index in [0.717, 1.165) is 0 Å². The van der Waals surface area contributed by atoms with Gasteiger partial charge in [0.15, 0.2) is 5.69 Å². The lowest BCUT2D eigenvalue weighted by molar-refractivity contribution is 0.0945. The molecule has 3 aromatic rings. The van der Waals surface area contributed by atoms with Crippen molar-refractivity contribution in [3.8, 4) is 0 Å². The predicted octanol–water partition coefficient (Wildman–Crippen LogP) is 1.30. The Hall–Kier alpha value is -3.42. The maximum Gasteiger partial charge on any atom is 0.271 e. The van der Waals surface area contributed by atoms with E-state index in [-0.39, 0.29) is 17.5 Å². The molecule has 0 spiro atoms. The van der Waals surface area contributed by atoms with Crippen LogP contribution in [-0.4, -0.2) is 37.7 Å². The van der Waals surface area contributed by atoms with E-state index < -0.39 is 0 Å². The number of anilines is 1. The van der Waals surface area contributed by atoms with Gasteiger partial charge in [0.2, 0.25) is 0 Å². The monoisotopic (exact) mass is 338 g/mol. The molecule has 0 bridgehead atoms. The van der Waals surface area contributed by atoms with Crippen LogP contribution in [0.15, 0.2) is 55.1 Å². The lowest BCUT2D eigenvalue weighted by Gasteiger charge is -2.04. The highest BCUT2D eigenvalue weighted by molar-refractivity contribution is 6.04. The molecule has 0 aliphatic heterocycles. The number of benzene rings is 1. The van der Waals surface area contributed by atoms with Crippen LogP contribution < -0.4 is 10.6 Å². The topological polar surface area (TPSA) is 93.8 Å². The fourth-order valence-electron chi connectivity index (χ4n) is 2.28.